The van der Waals surface area contributed by atoms with Gasteiger partial charge in [-0.05, 0) is 56.2 Å². The summed E-state index contributed by atoms with van der Waals surface area (Å²) in [6.07, 6.45) is 1.71. The van der Waals surface area contributed by atoms with E-state index in [0.717, 1.165) is 0 Å². The summed E-state index contributed by atoms with van der Waals surface area (Å²) in [6, 6.07) is 11.2. The smallest absolute Gasteiger partial charge is 0.338 e. The molecule has 7 nitrogen and oxygen atoms in total. The minimum atomic E-state index is -0.773. The molecule has 3 aromatic rings. The molecule has 34 heavy (non-hydrogen) atoms. The van der Waals surface area contributed by atoms with Gasteiger partial charge in [0.25, 0.3) is 5.56 Å². The molecule has 0 radical (unpaired) electrons. The molecular weight excluding hydrogens is 476 g/mol. The fourth-order valence-electron chi connectivity index (χ4n) is 3.83. The second-order valence-electron chi connectivity index (χ2n) is 7.48. The lowest BCUT2D eigenvalue weighted by Crippen LogP contribution is -2.40. The van der Waals surface area contributed by atoms with Crippen LogP contribution >= 0.6 is 22.9 Å². The summed E-state index contributed by atoms with van der Waals surface area (Å²) in [5.74, 6) is -0.185. The molecule has 0 fully saturated rings. The van der Waals surface area contributed by atoms with E-state index < -0.39 is 12.0 Å². The quantitative estimate of drug-likeness (QED) is 0.525. The highest BCUT2D eigenvalue weighted by molar-refractivity contribution is 7.07. The second-order valence-corrected chi connectivity index (χ2v) is 8.90. The summed E-state index contributed by atoms with van der Waals surface area (Å²) in [6.45, 7) is 5.86. The van der Waals surface area contributed by atoms with Crippen molar-refractivity contribution >= 4 is 35.0 Å². The van der Waals surface area contributed by atoms with E-state index in [4.69, 9.17) is 21.1 Å². The molecule has 1 unspecified atom stereocenters. The molecule has 0 bridgehead atoms. The van der Waals surface area contributed by atoms with Crippen LogP contribution in [0.25, 0.3) is 6.08 Å². The van der Waals surface area contributed by atoms with Gasteiger partial charge < -0.3 is 14.6 Å². The third-order valence-corrected chi connectivity index (χ3v) is 6.63. The SMILES string of the molecule is CCOC(=O)C1=C(C)N=c2s/c(=C/c3ccc(O)c(OCC)c3)c(=O)n2C1c1ccccc1Cl. The van der Waals surface area contributed by atoms with E-state index >= 15 is 0 Å². The average Bonchev–Trinajstić information content (AvgIpc) is 3.10. The Kier molecular flexibility index (Phi) is 6.90. The number of carbonyl (C=O) groups excluding carboxylic acids is 1. The molecule has 1 aromatic heterocycles. The van der Waals surface area contributed by atoms with Crippen molar-refractivity contribution in [2.45, 2.75) is 26.8 Å². The number of phenolic OH excluding ortho intramolecular Hbond substituents is 1. The lowest BCUT2D eigenvalue weighted by Gasteiger charge is -2.25. The van der Waals surface area contributed by atoms with Crippen LogP contribution in [0.15, 0.2) is 63.5 Å². The molecule has 1 aliphatic heterocycles. The van der Waals surface area contributed by atoms with Gasteiger partial charge >= 0.3 is 5.97 Å². The number of esters is 1. The number of rotatable bonds is 6. The average molecular weight is 499 g/mol. The highest BCUT2D eigenvalue weighted by Crippen LogP contribution is 2.34. The standard InChI is InChI=1S/C25H23ClN2O5S/c1-4-32-19-12-15(10-11-18(19)29)13-20-23(30)28-22(16-8-6-7-9-17(16)26)21(24(31)33-5-2)14(3)27-25(28)34-20/h6-13,22,29H,4-5H2,1-3H3/b20-13+. The number of fused-ring (bicyclic) bond motifs is 1. The fraction of sp³-hybridized carbons (Fsp3) is 0.240. The van der Waals surface area contributed by atoms with Crippen LogP contribution in [-0.4, -0.2) is 28.9 Å². The lowest BCUT2D eigenvalue weighted by atomic mass is 9.96. The van der Waals surface area contributed by atoms with Crippen LogP contribution in [0.2, 0.25) is 5.02 Å². The maximum absolute atomic E-state index is 13.6. The van der Waals surface area contributed by atoms with Crippen LogP contribution in [0.1, 0.15) is 37.9 Å². The fourth-order valence-corrected chi connectivity index (χ4v) is 5.11. The molecule has 0 amide bonds. The molecular formula is C25H23ClN2O5S. The zero-order chi connectivity index (χ0) is 24.4. The van der Waals surface area contributed by atoms with Crippen molar-refractivity contribution in [2.75, 3.05) is 13.2 Å². The molecule has 0 spiro atoms. The molecule has 0 saturated heterocycles. The number of aromatic nitrogens is 1. The number of nitrogens with zero attached hydrogens (tertiary/aromatic N) is 2. The van der Waals surface area contributed by atoms with E-state index in [9.17, 15) is 14.7 Å². The Morgan fingerprint density at radius 3 is 2.71 bits per heavy atom. The van der Waals surface area contributed by atoms with E-state index in [1.165, 1.54) is 22.0 Å². The highest BCUT2D eigenvalue weighted by atomic mass is 35.5. The number of hydrogen-bond donors (Lipinski definition) is 1. The van der Waals surface area contributed by atoms with Crippen molar-refractivity contribution in [3.8, 4) is 11.5 Å². The minimum absolute atomic E-state index is 0.0221. The van der Waals surface area contributed by atoms with E-state index in [-0.39, 0.29) is 23.5 Å². The third-order valence-electron chi connectivity index (χ3n) is 5.30. The largest absolute Gasteiger partial charge is 0.504 e. The summed E-state index contributed by atoms with van der Waals surface area (Å²) in [4.78, 5) is 31.5. The molecule has 176 valence electrons. The first-order valence-electron chi connectivity index (χ1n) is 10.8. The number of ether oxygens (including phenoxy) is 2. The lowest BCUT2D eigenvalue weighted by molar-refractivity contribution is -0.139. The molecule has 1 N–H and O–H groups in total. The Bertz CT molecular complexity index is 1470. The Morgan fingerprint density at radius 2 is 2.00 bits per heavy atom. The van der Waals surface area contributed by atoms with Gasteiger partial charge in [-0.3, -0.25) is 9.36 Å². The number of hydrogen-bond acceptors (Lipinski definition) is 7. The molecule has 2 heterocycles. The molecule has 9 heteroatoms. The normalized spacial score (nSPS) is 15.6. The minimum Gasteiger partial charge on any atom is -0.504 e. The number of aromatic hydroxyl groups is 1. The van der Waals surface area contributed by atoms with Crippen LogP contribution in [0.4, 0.5) is 0 Å². The van der Waals surface area contributed by atoms with Gasteiger partial charge in [-0.2, -0.15) is 0 Å². The van der Waals surface area contributed by atoms with Crippen molar-refractivity contribution in [3.63, 3.8) is 0 Å². The van der Waals surface area contributed by atoms with Gasteiger partial charge in [-0.25, -0.2) is 9.79 Å². The van der Waals surface area contributed by atoms with Crippen molar-refractivity contribution in [1.29, 1.82) is 0 Å². The van der Waals surface area contributed by atoms with Crippen LogP contribution < -0.4 is 19.6 Å². The highest BCUT2D eigenvalue weighted by Gasteiger charge is 2.34. The van der Waals surface area contributed by atoms with Gasteiger partial charge in [-0.15, -0.1) is 0 Å². The maximum Gasteiger partial charge on any atom is 0.338 e. The van der Waals surface area contributed by atoms with Crippen LogP contribution in [0, 0.1) is 0 Å². The summed E-state index contributed by atoms with van der Waals surface area (Å²) < 4.78 is 12.6. The summed E-state index contributed by atoms with van der Waals surface area (Å²) >= 11 is 7.72. The van der Waals surface area contributed by atoms with E-state index in [1.807, 2.05) is 6.92 Å². The monoisotopic (exact) mass is 498 g/mol. The molecule has 1 atom stereocenters. The maximum atomic E-state index is 13.6. The third kappa shape index (κ3) is 4.38. The predicted molar refractivity (Wildman–Crippen MR) is 131 cm³/mol. The first-order chi connectivity index (χ1) is 16.3. The van der Waals surface area contributed by atoms with Gasteiger partial charge in [0.1, 0.15) is 6.04 Å². The Balaban J connectivity index is 1.94. The molecule has 0 aliphatic carbocycles. The number of phenols is 1. The van der Waals surface area contributed by atoms with Crippen molar-refractivity contribution in [2.24, 2.45) is 4.99 Å². The van der Waals surface area contributed by atoms with Crippen molar-refractivity contribution in [1.82, 2.24) is 4.57 Å². The predicted octanol–water partition coefficient (Wildman–Crippen LogP) is 3.56. The summed E-state index contributed by atoms with van der Waals surface area (Å²) in [5, 5.41) is 10.4. The first kappa shape index (κ1) is 23.8. The zero-order valence-electron chi connectivity index (χ0n) is 18.9. The second kappa shape index (κ2) is 9.87. The number of thiazole rings is 1. The van der Waals surface area contributed by atoms with Gasteiger partial charge in [0, 0.05) is 5.02 Å². The van der Waals surface area contributed by atoms with E-state index in [0.29, 0.717) is 43.5 Å². The summed E-state index contributed by atoms with van der Waals surface area (Å²) in [5.41, 5.74) is 1.73. The molecule has 0 saturated carbocycles. The zero-order valence-corrected chi connectivity index (χ0v) is 20.4. The number of carbonyl (C=O) groups is 1. The Hall–Kier alpha value is -3.36. The van der Waals surface area contributed by atoms with Gasteiger partial charge in [-0.1, -0.05) is 47.2 Å². The van der Waals surface area contributed by atoms with Crippen LogP contribution in [-0.2, 0) is 9.53 Å². The first-order valence-corrected chi connectivity index (χ1v) is 11.9. The van der Waals surface area contributed by atoms with Gasteiger partial charge in [0.05, 0.1) is 29.0 Å². The molecule has 1 aliphatic rings. The van der Waals surface area contributed by atoms with Crippen LogP contribution in [0.5, 0.6) is 11.5 Å². The van der Waals surface area contributed by atoms with Crippen molar-refractivity contribution < 1.29 is 19.4 Å². The Labute approximate surface area is 204 Å². The van der Waals surface area contributed by atoms with Gasteiger partial charge in [0.15, 0.2) is 16.3 Å². The Morgan fingerprint density at radius 1 is 1.24 bits per heavy atom. The topological polar surface area (TPSA) is 90.1 Å². The molecule has 4 rings (SSSR count). The number of halogens is 1. The van der Waals surface area contributed by atoms with Gasteiger partial charge in [0.2, 0.25) is 0 Å². The number of benzene rings is 2. The van der Waals surface area contributed by atoms with Crippen LogP contribution in [0.3, 0.4) is 0 Å². The molecule has 2 aromatic carbocycles. The van der Waals surface area contributed by atoms with Crippen molar-refractivity contribution in [3.05, 3.63) is 89.6 Å². The van der Waals surface area contributed by atoms with E-state index in [2.05, 4.69) is 4.99 Å². The number of allylic oxidation sites excluding steroid dienone is 1. The van der Waals surface area contributed by atoms with E-state index in [1.54, 1.807) is 56.3 Å². The summed E-state index contributed by atoms with van der Waals surface area (Å²) in [7, 11) is 0.